The van der Waals surface area contributed by atoms with Gasteiger partial charge in [-0.25, -0.2) is 0 Å². The first-order chi connectivity index (χ1) is 17.0. The zero-order valence-corrected chi connectivity index (χ0v) is 30.6. The Labute approximate surface area is 276 Å². The van der Waals surface area contributed by atoms with Crippen LogP contribution in [0.2, 0.25) is 76.0 Å². The highest BCUT2D eigenvalue weighted by Gasteiger charge is 2.47. The summed E-state index contributed by atoms with van der Waals surface area (Å²) >= 11 is 0. The van der Waals surface area contributed by atoms with E-state index in [0.29, 0.717) is 19.1 Å². The van der Waals surface area contributed by atoms with Crippen molar-refractivity contribution >= 4 is 48.3 Å². The van der Waals surface area contributed by atoms with Gasteiger partial charge < -0.3 is 30.7 Å². The van der Waals surface area contributed by atoms with Crippen LogP contribution in [0.25, 0.3) is 0 Å². The molecule has 0 aromatic heterocycles. The highest BCUT2D eigenvalue weighted by atomic mass is 28.5. The van der Waals surface area contributed by atoms with E-state index in [1.807, 2.05) is 6.92 Å². The Morgan fingerprint density at radius 2 is 1.35 bits per heavy atom. The molecule has 1 heterocycles. The Morgan fingerprint density at radius 1 is 0.814 bits per heavy atom. The van der Waals surface area contributed by atoms with E-state index in [1.165, 1.54) is 6.04 Å². The minimum absolute atomic E-state index is 0. The van der Waals surface area contributed by atoms with Crippen LogP contribution in [0, 0.1) is 5.92 Å². The van der Waals surface area contributed by atoms with Crippen molar-refractivity contribution in [1.82, 2.24) is 0 Å². The molecule has 1 saturated heterocycles. The summed E-state index contributed by atoms with van der Waals surface area (Å²) in [6, 6.07) is 4.63. The van der Waals surface area contributed by atoms with Crippen molar-refractivity contribution in [2.75, 3.05) is 34.5 Å². The lowest BCUT2D eigenvalue weighted by atomic mass is 10.2. The quantitative estimate of drug-likeness (QED) is 0.100. The van der Waals surface area contributed by atoms with Crippen molar-refractivity contribution in [3.63, 3.8) is 0 Å². The van der Waals surface area contributed by atoms with Gasteiger partial charge in [0.2, 0.25) is 0 Å². The summed E-state index contributed by atoms with van der Waals surface area (Å²) in [5, 5.41) is 0. The van der Waals surface area contributed by atoms with E-state index in [-0.39, 0.29) is 56.4 Å². The van der Waals surface area contributed by atoms with Crippen molar-refractivity contribution < 1.29 is 35.5 Å². The van der Waals surface area contributed by atoms with Gasteiger partial charge in [0.1, 0.15) is 0 Å². The predicted molar refractivity (Wildman–Crippen MR) is 202 cm³/mol. The molecule has 0 bridgehead atoms. The molecule has 268 valence electrons. The monoisotopic (exact) mass is 708 g/mol. The van der Waals surface area contributed by atoms with Crippen molar-refractivity contribution in [2.24, 2.45) is 5.92 Å². The first-order valence-corrected chi connectivity index (χ1v) is 27.7. The van der Waals surface area contributed by atoms with Crippen LogP contribution in [0.15, 0.2) is 0 Å². The maximum absolute atomic E-state index is 12.9. The third kappa shape index (κ3) is 21.7. The van der Waals surface area contributed by atoms with Crippen molar-refractivity contribution in [2.45, 2.75) is 153 Å². The number of hydrogen-bond donors (Lipinski definition) is 0. The second-order valence-corrected chi connectivity index (χ2v) is 32.6. The topological polar surface area (TPSA) is 81.7 Å². The number of rotatable bonds is 14. The Hall–Kier alpha value is 0.314. The SMILES string of the molecule is C.C.C.C.C.C.CO[Si](CCCOC(=O)C(C)C[Si]1(C)CCCCO[Si](C)(C)O[Si](C)(CCC[Si](C)(C)C)O1)(OC)OC. The number of ether oxygens (including phenoxy) is 1. The van der Waals surface area contributed by atoms with Crippen LogP contribution >= 0.6 is 0 Å². The summed E-state index contributed by atoms with van der Waals surface area (Å²) in [5.41, 5.74) is 0. The smallest absolute Gasteiger partial charge is 0.465 e. The third-order valence-electron chi connectivity index (χ3n) is 6.98. The molecule has 0 N–H and O–H groups in total. The predicted octanol–water partition coefficient (Wildman–Crippen LogP) is 10.2. The summed E-state index contributed by atoms with van der Waals surface area (Å²) < 4.78 is 42.3. The average Bonchev–Trinajstić information content (AvgIpc) is 2.77. The summed E-state index contributed by atoms with van der Waals surface area (Å²) in [4.78, 5) is 12.9. The Kier molecular flexibility index (Phi) is 31.7. The molecule has 0 amide bonds. The van der Waals surface area contributed by atoms with E-state index in [9.17, 15) is 4.79 Å². The summed E-state index contributed by atoms with van der Waals surface area (Å²) in [6.07, 6.45) is 3.84. The molecule has 0 spiro atoms. The second-order valence-electron chi connectivity index (χ2n) is 12.6. The molecule has 3 unspecified atom stereocenters. The summed E-state index contributed by atoms with van der Waals surface area (Å²) in [6.45, 7) is 19.1. The van der Waals surface area contributed by atoms with E-state index < -0.39 is 42.3 Å². The largest absolute Gasteiger partial charge is 0.500 e. The van der Waals surface area contributed by atoms with E-state index in [4.69, 9.17) is 30.7 Å². The molecule has 1 rings (SSSR count). The minimum atomic E-state index is -2.65. The van der Waals surface area contributed by atoms with E-state index in [1.54, 1.807) is 21.3 Å². The Morgan fingerprint density at radius 3 is 1.84 bits per heavy atom. The molecule has 13 heteroatoms. The van der Waals surface area contributed by atoms with Crippen LogP contribution in [0.3, 0.4) is 0 Å². The van der Waals surface area contributed by atoms with E-state index >= 15 is 0 Å². The molecule has 0 radical (unpaired) electrons. The first kappa shape index (κ1) is 55.7. The zero-order chi connectivity index (χ0) is 28.4. The first-order valence-electron chi connectivity index (χ1n) is 13.9. The summed E-state index contributed by atoms with van der Waals surface area (Å²) in [7, 11) is -5.99. The molecule has 1 fully saturated rings. The van der Waals surface area contributed by atoms with Gasteiger partial charge in [-0.15, -0.1) is 0 Å². The van der Waals surface area contributed by atoms with Gasteiger partial charge in [-0.3, -0.25) is 4.79 Å². The highest BCUT2D eigenvalue weighted by Crippen LogP contribution is 2.35. The van der Waals surface area contributed by atoms with Gasteiger partial charge in [0, 0.05) is 42.1 Å². The van der Waals surface area contributed by atoms with Gasteiger partial charge >= 0.3 is 31.9 Å². The summed E-state index contributed by atoms with van der Waals surface area (Å²) in [5.74, 6) is -0.370. The van der Waals surface area contributed by atoms with Crippen LogP contribution in [-0.2, 0) is 35.5 Å². The van der Waals surface area contributed by atoms with Crippen molar-refractivity contribution in [1.29, 1.82) is 0 Å². The van der Waals surface area contributed by atoms with Gasteiger partial charge in [-0.1, -0.05) is 90.0 Å². The van der Waals surface area contributed by atoms with Gasteiger partial charge in [0.05, 0.1) is 12.5 Å². The molecule has 0 aliphatic carbocycles. The molecular formula is C30H80O8Si5. The van der Waals surface area contributed by atoms with Crippen LogP contribution in [0.5, 0.6) is 0 Å². The lowest BCUT2D eigenvalue weighted by molar-refractivity contribution is -0.147. The molecule has 3 atom stereocenters. The highest BCUT2D eigenvalue weighted by molar-refractivity contribution is 6.87. The molecule has 8 nitrogen and oxygen atoms in total. The van der Waals surface area contributed by atoms with Gasteiger partial charge in [0.25, 0.3) is 0 Å². The average molecular weight is 709 g/mol. The molecular weight excluding hydrogens is 629 g/mol. The normalized spacial score (nSPS) is 22.8. The second kappa shape index (κ2) is 24.5. The fourth-order valence-electron chi connectivity index (χ4n) is 5.14. The van der Waals surface area contributed by atoms with Gasteiger partial charge in [-0.05, 0) is 57.2 Å². The maximum Gasteiger partial charge on any atom is 0.500 e. The lowest BCUT2D eigenvalue weighted by Crippen LogP contribution is -2.57. The lowest BCUT2D eigenvalue weighted by Gasteiger charge is -2.43. The molecule has 0 aromatic carbocycles. The number of carbonyl (C=O) groups excluding carboxylic acids is 1. The molecule has 0 saturated carbocycles. The van der Waals surface area contributed by atoms with Gasteiger partial charge in [-0.2, -0.15) is 0 Å². The molecule has 1 aliphatic heterocycles. The number of carbonyl (C=O) groups is 1. The molecule has 0 aromatic rings. The van der Waals surface area contributed by atoms with Crippen LogP contribution in [-0.4, -0.2) is 82.8 Å². The number of hydrogen-bond acceptors (Lipinski definition) is 8. The van der Waals surface area contributed by atoms with Crippen LogP contribution in [0.1, 0.15) is 77.2 Å². The minimum Gasteiger partial charge on any atom is -0.465 e. The third-order valence-corrected chi connectivity index (χ3v) is 24.1. The van der Waals surface area contributed by atoms with Gasteiger partial charge in [0.15, 0.2) is 8.32 Å². The zero-order valence-electron chi connectivity index (χ0n) is 25.6. The fraction of sp³-hybridized carbons (Fsp3) is 0.967. The van der Waals surface area contributed by atoms with Crippen LogP contribution < -0.4 is 0 Å². The Bertz CT molecular complexity index is 684. The fourth-order valence-corrected chi connectivity index (χ4v) is 23.2. The van der Waals surface area contributed by atoms with Crippen molar-refractivity contribution in [3.8, 4) is 0 Å². The molecule has 43 heavy (non-hydrogen) atoms. The van der Waals surface area contributed by atoms with Crippen molar-refractivity contribution in [3.05, 3.63) is 0 Å². The molecule has 1 aliphatic rings. The maximum atomic E-state index is 12.9. The van der Waals surface area contributed by atoms with Crippen LogP contribution in [0.4, 0.5) is 0 Å². The Balaban J connectivity index is -0.000000570. The van der Waals surface area contributed by atoms with E-state index in [0.717, 1.165) is 44.0 Å². The number of esters is 1. The standard InChI is InChI=1S/C24H56O8Si5.6CH4/c1-23(24(25)29-16-14-21-37(26-2,27-3)28-4)22-35(10)19-13-12-17-30-34(8,9)31-36(11,32-35)20-15-18-33(5,6)7;;;;;;/h23H,12-22H2,1-11H3;6*1H4. The van der Waals surface area contributed by atoms with E-state index in [2.05, 4.69) is 45.8 Å².